The lowest BCUT2D eigenvalue weighted by molar-refractivity contribution is 0.615. The highest BCUT2D eigenvalue weighted by atomic mass is 19.1. The zero-order chi connectivity index (χ0) is 12.9. The van der Waals surface area contributed by atoms with Gasteiger partial charge in [0.1, 0.15) is 5.82 Å². The highest BCUT2D eigenvalue weighted by Gasteiger charge is 2.28. The van der Waals surface area contributed by atoms with Crippen molar-refractivity contribution in [3.8, 4) is 0 Å². The monoisotopic (exact) mass is 245 g/mol. The van der Waals surface area contributed by atoms with Crippen LogP contribution in [0.15, 0.2) is 29.1 Å². The summed E-state index contributed by atoms with van der Waals surface area (Å²) in [5.41, 5.74) is 0.845. The van der Waals surface area contributed by atoms with E-state index in [1.807, 2.05) is 12.1 Å². The second-order valence-electron chi connectivity index (χ2n) is 5.33. The first-order valence-electron chi connectivity index (χ1n) is 6.43. The molecular formula is C15H16FNO. The highest BCUT2D eigenvalue weighted by Crippen LogP contribution is 2.36. The van der Waals surface area contributed by atoms with Crippen LogP contribution in [0.1, 0.15) is 44.3 Å². The van der Waals surface area contributed by atoms with Crippen LogP contribution in [0.25, 0.3) is 10.8 Å². The van der Waals surface area contributed by atoms with E-state index in [0.717, 1.165) is 18.5 Å². The number of nitrogens with zero attached hydrogens (tertiary/aromatic N) is 1. The van der Waals surface area contributed by atoms with Crippen LogP contribution in [-0.4, -0.2) is 4.57 Å². The van der Waals surface area contributed by atoms with Gasteiger partial charge in [-0.15, -0.1) is 0 Å². The van der Waals surface area contributed by atoms with E-state index in [1.54, 1.807) is 10.6 Å². The zero-order valence-electron chi connectivity index (χ0n) is 10.6. The molecule has 0 bridgehead atoms. The second kappa shape index (κ2) is 3.94. The molecule has 0 saturated heterocycles. The zero-order valence-corrected chi connectivity index (χ0v) is 10.6. The molecule has 0 spiro atoms. The van der Waals surface area contributed by atoms with Crippen LogP contribution in [0.4, 0.5) is 4.39 Å². The van der Waals surface area contributed by atoms with Crippen molar-refractivity contribution in [3.63, 3.8) is 0 Å². The molecule has 0 radical (unpaired) electrons. The quantitative estimate of drug-likeness (QED) is 0.792. The lowest BCUT2D eigenvalue weighted by atomic mass is 10.0. The average Bonchev–Trinajstić information content (AvgIpc) is 3.12. The molecule has 1 aliphatic rings. The van der Waals surface area contributed by atoms with Crippen molar-refractivity contribution >= 4 is 10.8 Å². The van der Waals surface area contributed by atoms with Crippen molar-refractivity contribution in [1.29, 1.82) is 0 Å². The van der Waals surface area contributed by atoms with Gasteiger partial charge in [0.05, 0.1) is 5.39 Å². The second-order valence-corrected chi connectivity index (χ2v) is 5.33. The van der Waals surface area contributed by atoms with E-state index < -0.39 is 5.82 Å². The molecule has 0 unspecified atom stereocenters. The Hall–Kier alpha value is -1.64. The molecular weight excluding hydrogens is 229 g/mol. The Morgan fingerprint density at radius 3 is 2.67 bits per heavy atom. The maximum Gasteiger partial charge on any atom is 0.261 e. The molecule has 1 saturated carbocycles. The van der Waals surface area contributed by atoms with Crippen molar-refractivity contribution < 1.29 is 4.39 Å². The van der Waals surface area contributed by atoms with Crippen LogP contribution in [0.3, 0.4) is 0 Å². The molecule has 18 heavy (non-hydrogen) atoms. The fourth-order valence-corrected chi connectivity index (χ4v) is 2.51. The molecule has 1 heterocycles. The summed E-state index contributed by atoms with van der Waals surface area (Å²) in [6.45, 7) is 4.14. The van der Waals surface area contributed by atoms with Crippen LogP contribution >= 0.6 is 0 Å². The number of halogens is 1. The van der Waals surface area contributed by atoms with Gasteiger partial charge in [-0.25, -0.2) is 4.39 Å². The number of rotatable bonds is 2. The maximum atomic E-state index is 13.8. The van der Waals surface area contributed by atoms with Crippen LogP contribution in [0.2, 0.25) is 0 Å². The van der Waals surface area contributed by atoms with Gasteiger partial charge in [-0.3, -0.25) is 4.79 Å². The van der Waals surface area contributed by atoms with E-state index in [1.165, 1.54) is 6.07 Å². The van der Waals surface area contributed by atoms with E-state index in [4.69, 9.17) is 0 Å². The third-order valence-corrected chi connectivity index (χ3v) is 3.56. The number of hydrogen-bond donors (Lipinski definition) is 0. The predicted octanol–water partition coefficient (Wildman–Crippen LogP) is 3.60. The molecule has 94 valence electrons. The van der Waals surface area contributed by atoms with Crippen LogP contribution < -0.4 is 5.56 Å². The molecule has 1 aliphatic carbocycles. The lowest BCUT2D eigenvalue weighted by Gasteiger charge is -2.16. The fourth-order valence-electron chi connectivity index (χ4n) is 2.51. The molecule has 3 heteroatoms. The minimum atomic E-state index is -0.415. The van der Waals surface area contributed by atoms with E-state index in [-0.39, 0.29) is 22.9 Å². The first-order chi connectivity index (χ1) is 8.59. The van der Waals surface area contributed by atoms with Crippen molar-refractivity contribution in [2.45, 2.75) is 38.6 Å². The van der Waals surface area contributed by atoms with Crippen molar-refractivity contribution in [1.82, 2.24) is 4.57 Å². The van der Waals surface area contributed by atoms with Crippen LogP contribution in [-0.2, 0) is 0 Å². The molecule has 1 fully saturated rings. The summed E-state index contributed by atoms with van der Waals surface area (Å²) in [7, 11) is 0. The molecule has 2 aromatic rings. The van der Waals surface area contributed by atoms with Crippen molar-refractivity contribution in [3.05, 3.63) is 46.1 Å². The van der Waals surface area contributed by atoms with Gasteiger partial charge < -0.3 is 4.57 Å². The first kappa shape index (κ1) is 11.5. The molecule has 0 N–H and O–H groups in total. The number of pyridine rings is 1. The highest BCUT2D eigenvalue weighted by molar-refractivity contribution is 5.82. The number of benzene rings is 1. The van der Waals surface area contributed by atoms with E-state index in [2.05, 4.69) is 13.8 Å². The Bertz CT molecular complexity index is 668. The largest absolute Gasteiger partial charge is 0.309 e. The molecule has 1 aromatic heterocycles. The third-order valence-electron chi connectivity index (χ3n) is 3.56. The van der Waals surface area contributed by atoms with Gasteiger partial charge in [0, 0.05) is 11.7 Å². The van der Waals surface area contributed by atoms with Gasteiger partial charge in [-0.1, -0.05) is 26.0 Å². The topological polar surface area (TPSA) is 22.0 Å². The maximum absolute atomic E-state index is 13.8. The summed E-state index contributed by atoms with van der Waals surface area (Å²) < 4.78 is 15.6. The lowest BCUT2D eigenvalue weighted by Crippen LogP contribution is -2.24. The SMILES string of the molecule is CC(C)c1cc2cccc(F)c2c(=O)n1C1CC1. The Balaban J connectivity index is 2.42. The molecule has 0 atom stereocenters. The van der Waals surface area contributed by atoms with Crippen LogP contribution in [0.5, 0.6) is 0 Å². The van der Waals surface area contributed by atoms with E-state index >= 15 is 0 Å². The summed E-state index contributed by atoms with van der Waals surface area (Å²) in [4.78, 5) is 12.5. The summed E-state index contributed by atoms with van der Waals surface area (Å²) >= 11 is 0. The molecule has 1 aromatic carbocycles. The number of aromatic nitrogens is 1. The Morgan fingerprint density at radius 1 is 1.33 bits per heavy atom. The Morgan fingerprint density at radius 2 is 2.06 bits per heavy atom. The molecule has 3 rings (SSSR count). The van der Waals surface area contributed by atoms with Gasteiger partial charge in [0.25, 0.3) is 5.56 Å². The average molecular weight is 245 g/mol. The first-order valence-corrected chi connectivity index (χ1v) is 6.43. The van der Waals surface area contributed by atoms with E-state index in [9.17, 15) is 9.18 Å². The molecule has 0 aliphatic heterocycles. The summed E-state index contributed by atoms with van der Waals surface area (Å²) in [6.07, 6.45) is 2.05. The minimum Gasteiger partial charge on any atom is -0.309 e. The van der Waals surface area contributed by atoms with Gasteiger partial charge in [0.15, 0.2) is 0 Å². The minimum absolute atomic E-state index is 0.170. The Kier molecular flexibility index (Phi) is 2.51. The summed E-state index contributed by atoms with van der Waals surface area (Å²) in [5.74, 6) is -0.145. The van der Waals surface area contributed by atoms with Crippen molar-refractivity contribution in [2.24, 2.45) is 0 Å². The standard InChI is InChI=1S/C15H16FNO/c1-9(2)13-8-10-4-3-5-12(16)14(10)15(18)17(13)11-6-7-11/h3-5,8-9,11H,6-7H2,1-2H3. The fraction of sp³-hybridized carbons (Fsp3) is 0.400. The number of fused-ring (bicyclic) bond motifs is 1. The summed E-state index contributed by atoms with van der Waals surface area (Å²) in [6, 6.07) is 7.06. The molecule has 2 nitrogen and oxygen atoms in total. The number of hydrogen-bond acceptors (Lipinski definition) is 1. The molecule has 0 amide bonds. The smallest absolute Gasteiger partial charge is 0.261 e. The normalized spacial score (nSPS) is 15.6. The van der Waals surface area contributed by atoms with Crippen LogP contribution in [0, 0.1) is 5.82 Å². The van der Waals surface area contributed by atoms with Gasteiger partial charge >= 0.3 is 0 Å². The van der Waals surface area contributed by atoms with Gasteiger partial charge in [-0.05, 0) is 36.3 Å². The third kappa shape index (κ3) is 1.65. The predicted molar refractivity (Wildman–Crippen MR) is 70.5 cm³/mol. The van der Waals surface area contributed by atoms with Gasteiger partial charge in [0.2, 0.25) is 0 Å². The summed E-state index contributed by atoms with van der Waals surface area (Å²) in [5, 5.41) is 0.939. The van der Waals surface area contributed by atoms with Gasteiger partial charge in [-0.2, -0.15) is 0 Å². The van der Waals surface area contributed by atoms with E-state index in [0.29, 0.717) is 5.39 Å². The van der Waals surface area contributed by atoms with Crippen molar-refractivity contribution in [2.75, 3.05) is 0 Å². The Labute approximate surface area is 105 Å².